The number of hydrogen-bond donors (Lipinski definition) is 2. The molecule has 12 heavy (non-hydrogen) atoms. The Labute approximate surface area is 73.3 Å². The van der Waals surface area contributed by atoms with Crippen LogP contribution in [0.15, 0.2) is 24.8 Å². The SMILES string of the molecule is C=Cc1ccc(O)c(C)c1.CN. The van der Waals surface area contributed by atoms with Crippen molar-refractivity contribution >= 4 is 6.08 Å². The van der Waals surface area contributed by atoms with Crippen molar-refractivity contribution in [3.63, 3.8) is 0 Å². The summed E-state index contributed by atoms with van der Waals surface area (Å²) in [5.41, 5.74) is 6.42. The van der Waals surface area contributed by atoms with Gasteiger partial charge in [-0.15, -0.1) is 0 Å². The molecule has 0 saturated carbocycles. The van der Waals surface area contributed by atoms with Gasteiger partial charge in [-0.1, -0.05) is 18.7 Å². The molecule has 0 bridgehead atoms. The molecule has 1 rings (SSSR count). The van der Waals surface area contributed by atoms with Crippen LogP contribution in [0, 0.1) is 6.92 Å². The highest BCUT2D eigenvalue weighted by atomic mass is 16.3. The second kappa shape index (κ2) is 5.38. The Morgan fingerprint density at radius 3 is 2.42 bits per heavy atom. The first-order valence-electron chi connectivity index (χ1n) is 3.74. The molecule has 2 heteroatoms. The topological polar surface area (TPSA) is 46.2 Å². The van der Waals surface area contributed by atoms with Crippen LogP contribution in [0.3, 0.4) is 0 Å². The summed E-state index contributed by atoms with van der Waals surface area (Å²) in [6, 6.07) is 5.39. The minimum absolute atomic E-state index is 0.339. The zero-order chi connectivity index (χ0) is 9.56. The van der Waals surface area contributed by atoms with Crippen molar-refractivity contribution in [1.82, 2.24) is 0 Å². The van der Waals surface area contributed by atoms with Gasteiger partial charge in [0.2, 0.25) is 0 Å². The highest BCUT2D eigenvalue weighted by Gasteiger charge is 1.93. The average Bonchev–Trinajstić information content (AvgIpc) is 2.13. The standard InChI is InChI=1S/C9H10O.CH5N/c1-3-8-4-5-9(10)7(2)6-8;1-2/h3-6,10H,1H2,2H3;2H2,1H3. The highest BCUT2D eigenvalue weighted by molar-refractivity contribution is 5.50. The van der Waals surface area contributed by atoms with Crippen molar-refractivity contribution in [3.05, 3.63) is 35.9 Å². The molecule has 66 valence electrons. The number of aromatic hydroxyl groups is 1. The van der Waals surface area contributed by atoms with E-state index in [0.29, 0.717) is 5.75 Å². The maximum absolute atomic E-state index is 9.10. The molecule has 1 aromatic rings. The van der Waals surface area contributed by atoms with Gasteiger partial charge in [-0.25, -0.2) is 0 Å². The summed E-state index contributed by atoms with van der Waals surface area (Å²) in [6.07, 6.45) is 1.76. The Hall–Kier alpha value is -1.28. The van der Waals surface area contributed by atoms with E-state index >= 15 is 0 Å². The summed E-state index contributed by atoms with van der Waals surface area (Å²) in [5, 5.41) is 9.10. The third-order valence-corrected chi connectivity index (χ3v) is 1.46. The first kappa shape index (κ1) is 10.7. The largest absolute Gasteiger partial charge is 0.508 e. The minimum Gasteiger partial charge on any atom is -0.508 e. The number of hydrogen-bond acceptors (Lipinski definition) is 2. The van der Waals surface area contributed by atoms with Crippen LogP contribution >= 0.6 is 0 Å². The molecule has 0 aliphatic heterocycles. The van der Waals surface area contributed by atoms with Crippen molar-refractivity contribution in [2.75, 3.05) is 7.05 Å². The molecule has 0 fully saturated rings. The monoisotopic (exact) mass is 165 g/mol. The number of rotatable bonds is 1. The quantitative estimate of drug-likeness (QED) is 0.667. The van der Waals surface area contributed by atoms with Crippen LogP contribution in [0.25, 0.3) is 6.08 Å². The van der Waals surface area contributed by atoms with E-state index in [1.165, 1.54) is 7.05 Å². The van der Waals surface area contributed by atoms with Crippen LogP contribution in [-0.2, 0) is 0 Å². The van der Waals surface area contributed by atoms with Gasteiger partial charge in [0, 0.05) is 0 Å². The van der Waals surface area contributed by atoms with Gasteiger partial charge in [-0.2, -0.15) is 0 Å². The smallest absolute Gasteiger partial charge is 0.118 e. The van der Waals surface area contributed by atoms with Crippen molar-refractivity contribution in [2.45, 2.75) is 6.92 Å². The Morgan fingerprint density at radius 2 is 2.00 bits per heavy atom. The van der Waals surface area contributed by atoms with Crippen LogP contribution in [0.1, 0.15) is 11.1 Å². The maximum atomic E-state index is 9.10. The molecule has 0 aromatic heterocycles. The zero-order valence-electron chi connectivity index (χ0n) is 7.54. The molecular weight excluding hydrogens is 150 g/mol. The molecule has 0 aliphatic carbocycles. The summed E-state index contributed by atoms with van der Waals surface area (Å²) < 4.78 is 0. The summed E-state index contributed by atoms with van der Waals surface area (Å²) in [5.74, 6) is 0.339. The summed E-state index contributed by atoms with van der Waals surface area (Å²) in [7, 11) is 1.50. The van der Waals surface area contributed by atoms with E-state index in [1.807, 2.05) is 19.1 Å². The number of nitrogens with two attached hydrogens (primary N) is 1. The molecular formula is C10H15NO. The average molecular weight is 165 g/mol. The van der Waals surface area contributed by atoms with E-state index in [0.717, 1.165) is 11.1 Å². The van der Waals surface area contributed by atoms with E-state index < -0.39 is 0 Å². The first-order chi connectivity index (χ1) is 5.74. The second-order valence-electron chi connectivity index (χ2n) is 2.25. The van der Waals surface area contributed by atoms with E-state index in [-0.39, 0.29) is 0 Å². The van der Waals surface area contributed by atoms with E-state index in [1.54, 1.807) is 12.1 Å². The Kier molecular flexibility index (Phi) is 4.81. The van der Waals surface area contributed by atoms with Crippen molar-refractivity contribution in [1.29, 1.82) is 0 Å². The number of aryl methyl sites for hydroxylation is 1. The molecule has 0 aliphatic rings. The summed E-state index contributed by atoms with van der Waals surface area (Å²) in [6.45, 7) is 5.48. The predicted octanol–water partition coefficient (Wildman–Crippen LogP) is 1.92. The lowest BCUT2D eigenvalue weighted by Gasteiger charge is -1.97. The lowest BCUT2D eigenvalue weighted by atomic mass is 10.1. The Balaban J connectivity index is 0.000000561. The number of phenols is 1. The van der Waals surface area contributed by atoms with Crippen molar-refractivity contribution in [3.8, 4) is 5.75 Å². The van der Waals surface area contributed by atoms with Crippen molar-refractivity contribution < 1.29 is 5.11 Å². The maximum Gasteiger partial charge on any atom is 0.118 e. The molecule has 0 saturated heterocycles. The van der Waals surface area contributed by atoms with Crippen LogP contribution in [0.4, 0.5) is 0 Å². The molecule has 0 unspecified atom stereocenters. The third-order valence-electron chi connectivity index (χ3n) is 1.46. The molecule has 0 heterocycles. The van der Waals surface area contributed by atoms with Gasteiger partial charge in [0.25, 0.3) is 0 Å². The molecule has 0 radical (unpaired) electrons. The normalized spacial score (nSPS) is 8.25. The summed E-state index contributed by atoms with van der Waals surface area (Å²) >= 11 is 0. The fraction of sp³-hybridized carbons (Fsp3) is 0.200. The molecule has 2 nitrogen and oxygen atoms in total. The fourth-order valence-electron chi connectivity index (χ4n) is 0.806. The van der Waals surface area contributed by atoms with E-state index in [2.05, 4.69) is 12.3 Å². The van der Waals surface area contributed by atoms with Gasteiger partial charge < -0.3 is 10.8 Å². The van der Waals surface area contributed by atoms with Crippen LogP contribution in [0.5, 0.6) is 5.75 Å². The number of phenolic OH excluding ortho intramolecular Hbond substituents is 1. The minimum atomic E-state index is 0.339. The molecule has 0 spiro atoms. The van der Waals surface area contributed by atoms with Gasteiger partial charge in [-0.05, 0) is 37.2 Å². The van der Waals surface area contributed by atoms with Crippen LogP contribution < -0.4 is 5.73 Å². The predicted molar refractivity (Wildman–Crippen MR) is 53.0 cm³/mol. The van der Waals surface area contributed by atoms with Gasteiger partial charge >= 0.3 is 0 Å². The van der Waals surface area contributed by atoms with E-state index in [4.69, 9.17) is 5.11 Å². The zero-order valence-corrected chi connectivity index (χ0v) is 7.54. The van der Waals surface area contributed by atoms with Gasteiger partial charge in [0.05, 0.1) is 0 Å². The third kappa shape index (κ3) is 2.76. The van der Waals surface area contributed by atoms with Gasteiger partial charge in [0.1, 0.15) is 5.75 Å². The first-order valence-corrected chi connectivity index (χ1v) is 3.74. The lowest BCUT2D eigenvalue weighted by Crippen LogP contribution is -1.75. The number of benzene rings is 1. The highest BCUT2D eigenvalue weighted by Crippen LogP contribution is 2.16. The van der Waals surface area contributed by atoms with Crippen molar-refractivity contribution in [2.24, 2.45) is 5.73 Å². The molecule has 3 N–H and O–H groups in total. The second-order valence-corrected chi connectivity index (χ2v) is 2.25. The van der Waals surface area contributed by atoms with E-state index in [9.17, 15) is 0 Å². The Bertz CT molecular complexity index is 256. The molecule has 0 atom stereocenters. The Morgan fingerprint density at radius 1 is 1.42 bits per heavy atom. The van der Waals surface area contributed by atoms with Crippen LogP contribution in [0.2, 0.25) is 0 Å². The molecule has 0 amide bonds. The van der Waals surface area contributed by atoms with Gasteiger partial charge in [0.15, 0.2) is 0 Å². The fourth-order valence-corrected chi connectivity index (χ4v) is 0.806. The lowest BCUT2D eigenvalue weighted by molar-refractivity contribution is 0.471. The van der Waals surface area contributed by atoms with Crippen LogP contribution in [-0.4, -0.2) is 12.2 Å². The summed E-state index contributed by atoms with van der Waals surface area (Å²) in [4.78, 5) is 0. The molecule has 1 aromatic carbocycles. The van der Waals surface area contributed by atoms with Gasteiger partial charge in [-0.3, -0.25) is 0 Å².